The zero-order valence-corrected chi connectivity index (χ0v) is 14.6. The molecule has 1 aromatic carbocycles. The molecule has 21 heavy (non-hydrogen) atoms. The molecule has 3 unspecified atom stereocenters. The Morgan fingerprint density at radius 2 is 1.62 bits per heavy atom. The Morgan fingerprint density at radius 1 is 1.00 bits per heavy atom. The van der Waals surface area contributed by atoms with E-state index in [4.69, 9.17) is 0 Å². The summed E-state index contributed by atoms with van der Waals surface area (Å²) < 4.78 is 0. The zero-order valence-electron chi connectivity index (χ0n) is 14.6. The zero-order chi connectivity index (χ0) is 15.6. The Morgan fingerprint density at radius 3 is 2.14 bits per heavy atom. The van der Waals surface area contributed by atoms with Crippen molar-refractivity contribution < 1.29 is 0 Å². The molecule has 0 aliphatic carbocycles. The number of piperazine rings is 1. The van der Waals surface area contributed by atoms with Gasteiger partial charge in [-0.3, -0.25) is 4.90 Å². The molecule has 0 saturated carbocycles. The summed E-state index contributed by atoms with van der Waals surface area (Å²) in [4.78, 5) is 2.72. The lowest BCUT2D eigenvalue weighted by Gasteiger charge is -2.46. The van der Waals surface area contributed by atoms with Crippen molar-refractivity contribution in [2.45, 2.75) is 59.7 Å². The van der Waals surface area contributed by atoms with Crippen molar-refractivity contribution in [3.63, 3.8) is 0 Å². The van der Waals surface area contributed by atoms with E-state index in [0.29, 0.717) is 30.0 Å². The summed E-state index contributed by atoms with van der Waals surface area (Å²) in [5.41, 5.74) is 2.78. The fraction of sp³-hybridized carbons (Fsp3) is 0.684. The van der Waals surface area contributed by atoms with E-state index >= 15 is 0 Å². The lowest BCUT2D eigenvalue weighted by atomic mass is 9.91. The smallest absolute Gasteiger partial charge is 0.0324 e. The number of benzene rings is 1. The molecule has 2 nitrogen and oxygen atoms in total. The number of hydrogen-bond donors (Lipinski definition) is 1. The van der Waals surface area contributed by atoms with Crippen LogP contribution in [0.25, 0.3) is 0 Å². The molecule has 1 aliphatic rings. The quantitative estimate of drug-likeness (QED) is 0.900. The van der Waals surface area contributed by atoms with Crippen LogP contribution < -0.4 is 5.32 Å². The molecular weight excluding hydrogens is 256 g/mol. The predicted molar refractivity (Wildman–Crippen MR) is 91.6 cm³/mol. The maximum atomic E-state index is 3.75. The number of hydrogen-bond acceptors (Lipinski definition) is 2. The van der Waals surface area contributed by atoms with Crippen molar-refractivity contribution in [1.29, 1.82) is 0 Å². The number of rotatable bonds is 4. The van der Waals surface area contributed by atoms with Crippen LogP contribution in [0.1, 0.15) is 51.8 Å². The number of aryl methyl sites for hydroxylation is 1. The summed E-state index contributed by atoms with van der Waals surface area (Å²) in [5, 5.41) is 3.75. The third kappa shape index (κ3) is 3.87. The van der Waals surface area contributed by atoms with E-state index in [1.165, 1.54) is 11.1 Å². The van der Waals surface area contributed by atoms with Crippen molar-refractivity contribution in [3.8, 4) is 0 Å². The molecule has 2 rings (SSSR count). The van der Waals surface area contributed by atoms with Crippen LogP contribution in [0.15, 0.2) is 24.3 Å². The van der Waals surface area contributed by atoms with Gasteiger partial charge in [-0.15, -0.1) is 0 Å². The first kappa shape index (κ1) is 16.5. The standard InChI is InChI=1S/C19H32N2/c1-13(2)18-12-21(19(11-20-18)14(3)4)16(6)17-9-7-15(5)8-10-17/h7-10,13-14,16,18-20H,11-12H2,1-6H3. The molecule has 1 N–H and O–H groups in total. The van der Waals surface area contributed by atoms with Crippen molar-refractivity contribution in [1.82, 2.24) is 10.2 Å². The largest absolute Gasteiger partial charge is 0.311 e. The summed E-state index contributed by atoms with van der Waals surface area (Å²) >= 11 is 0. The van der Waals surface area contributed by atoms with Crippen LogP contribution >= 0.6 is 0 Å². The minimum absolute atomic E-state index is 0.487. The van der Waals surface area contributed by atoms with Gasteiger partial charge < -0.3 is 5.32 Å². The molecule has 0 radical (unpaired) electrons. The van der Waals surface area contributed by atoms with Gasteiger partial charge in [-0.05, 0) is 31.2 Å². The topological polar surface area (TPSA) is 15.3 Å². The van der Waals surface area contributed by atoms with Gasteiger partial charge in [0.25, 0.3) is 0 Å². The minimum atomic E-state index is 0.487. The highest BCUT2D eigenvalue weighted by Gasteiger charge is 2.34. The second kappa shape index (κ2) is 6.93. The third-order valence-electron chi connectivity index (χ3n) is 5.05. The Bertz CT molecular complexity index is 435. The van der Waals surface area contributed by atoms with Gasteiger partial charge in [-0.1, -0.05) is 57.5 Å². The van der Waals surface area contributed by atoms with E-state index in [-0.39, 0.29) is 0 Å². The van der Waals surface area contributed by atoms with Crippen LogP contribution in [0.2, 0.25) is 0 Å². The van der Waals surface area contributed by atoms with Crippen LogP contribution in [-0.4, -0.2) is 30.1 Å². The van der Waals surface area contributed by atoms with Crippen molar-refractivity contribution in [2.24, 2.45) is 11.8 Å². The maximum absolute atomic E-state index is 3.75. The summed E-state index contributed by atoms with van der Waals surface area (Å²) in [6.45, 7) is 16.1. The van der Waals surface area contributed by atoms with Gasteiger partial charge in [0.15, 0.2) is 0 Å². The Balaban J connectivity index is 2.20. The fourth-order valence-electron chi connectivity index (χ4n) is 3.36. The second-order valence-corrected chi connectivity index (χ2v) is 7.35. The molecular formula is C19H32N2. The molecule has 1 aromatic rings. The maximum Gasteiger partial charge on any atom is 0.0324 e. The van der Waals surface area contributed by atoms with E-state index in [0.717, 1.165) is 13.1 Å². The molecule has 0 bridgehead atoms. The van der Waals surface area contributed by atoms with E-state index in [1.54, 1.807) is 0 Å². The molecule has 1 saturated heterocycles. The first-order chi connectivity index (χ1) is 9.90. The van der Waals surface area contributed by atoms with Gasteiger partial charge in [0.05, 0.1) is 0 Å². The van der Waals surface area contributed by atoms with Gasteiger partial charge in [0, 0.05) is 31.2 Å². The first-order valence-corrected chi connectivity index (χ1v) is 8.45. The monoisotopic (exact) mass is 288 g/mol. The summed E-state index contributed by atoms with van der Waals surface area (Å²) in [6.07, 6.45) is 0. The summed E-state index contributed by atoms with van der Waals surface area (Å²) in [6, 6.07) is 10.8. The highest BCUT2D eigenvalue weighted by Crippen LogP contribution is 2.29. The van der Waals surface area contributed by atoms with E-state index < -0.39 is 0 Å². The van der Waals surface area contributed by atoms with Crippen LogP contribution in [0.4, 0.5) is 0 Å². The molecule has 1 heterocycles. The van der Waals surface area contributed by atoms with Gasteiger partial charge >= 0.3 is 0 Å². The molecule has 118 valence electrons. The minimum Gasteiger partial charge on any atom is -0.311 e. The van der Waals surface area contributed by atoms with Gasteiger partial charge in [-0.25, -0.2) is 0 Å². The van der Waals surface area contributed by atoms with Crippen molar-refractivity contribution >= 4 is 0 Å². The van der Waals surface area contributed by atoms with E-state index in [1.807, 2.05) is 0 Å². The predicted octanol–water partition coefficient (Wildman–Crippen LogP) is 4.01. The molecule has 3 atom stereocenters. The van der Waals surface area contributed by atoms with Gasteiger partial charge in [0.2, 0.25) is 0 Å². The normalized spacial score (nSPS) is 25.5. The summed E-state index contributed by atoms with van der Waals surface area (Å²) in [7, 11) is 0. The second-order valence-electron chi connectivity index (χ2n) is 7.35. The van der Waals surface area contributed by atoms with Crippen molar-refractivity contribution in [2.75, 3.05) is 13.1 Å². The average Bonchev–Trinajstić information content (AvgIpc) is 2.46. The Kier molecular flexibility index (Phi) is 5.45. The van der Waals surface area contributed by atoms with E-state index in [2.05, 4.69) is 76.0 Å². The average molecular weight is 288 g/mol. The first-order valence-electron chi connectivity index (χ1n) is 8.45. The molecule has 2 heteroatoms. The van der Waals surface area contributed by atoms with Crippen LogP contribution in [0.3, 0.4) is 0 Å². The fourth-order valence-corrected chi connectivity index (χ4v) is 3.36. The number of nitrogens with one attached hydrogen (secondary N) is 1. The molecule has 1 aliphatic heterocycles. The summed E-state index contributed by atoms with van der Waals surface area (Å²) in [5.74, 6) is 1.37. The molecule has 1 fully saturated rings. The van der Waals surface area contributed by atoms with Crippen LogP contribution in [0, 0.1) is 18.8 Å². The van der Waals surface area contributed by atoms with Gasteiger partial charge in [0.1, 0.15) is 0 Å². The lowest BCUT2D eigenvalue weighted by molar-refractivity contribution is 0.0513. The van der Waals surface area contributed by atoms with Gasteiger partial charge in [-0.2, -0.15) is 0 Å². The highest BCUT2D eigenvalue weighted by atomic mass is 15.3. The Hall–Kier alpha value is -0.860. The molecule has 0 aromatic heterocycles. The van der Waals surface area contributed by atoms with Crippen LogP contribution in [-0.2, 0) is 0 Å². The van der Waals surface area contributed by atoms with E-state index in [9.17, 15) is 0 Å². The van der Waals surface area contributed by atoms with Crippen molar-refractivity contribution in [3.05, 3.63) is 35.4 Å². The third-order valence-corrected chi connectivity index (χ3v) is 5.05. The SMILES string of the molecule is Cc1ccc(C(C)N2CC(C(C)C)NCC2C(C)C)cc1. The number of nitrogens with zero attached hydrogens (tertiary/aromatic N) is 1. The van der Waals surface area contributed by atoms with Crippen LogP contribution in [0.5, 0.6) is 0 Å². The Labute approximate surface area is 130 Å². The molecule has 0 amide bonds. The molecule has 0 spiro atoms. The highest BCUT2D eigenvalue weighted by molar-refractivity contribution is 5.24. The lowest BCUT2D eigenvalue weighted by Crippen LogP contribution is -2.60.